The van der Waals surface area contributed by atoms with Crippen molar-refractivity contribution in [1.82, 2.24) is 5.01 Å². The molecule has 3 N–H and O–H groups in total. The second kappa shape index (κ2) is 7.43. The Labute approximate surface area is 154 Å². The van der Waals surface area contributed by atoms with Gasteiger partial charge in [0.05, 0.1) is 10.6 Å². The molecule has 2 amide bonds. The first-order valence-corrected chi connectivity index (χ1v) is 8.06. The highest BCUT2D eigenvalue weighted by atomic mass is 35.5. The molecule has 3 aromatic carbocycles. The molecule has 3 rings (SSSR count). The smallest absolute Gasteiger partial charge is 0.281 e. The number of imide groups is 1. The minimum Gasteiger partial charge on any atom is -0.507 e. The summed E-state index contributed by atoms with van der Waals surface area (Å²) in [7, 11) is 0. The van der Waals surface area contributed by atoms with Crippen LogP contribution in [0.3, 0.4) is 0 Å². The quantitative estimate of drug-likeness (QED) is 0.418. The van der Waals surface area contributed by atoms with E-state index in [1.165, 1.54) is 12.1 Å². The number of rotatable bonds is 4. The van der Waals surface area contributed by atoms with Crippen LogP contribution in [-0.2, 0) is 4.79 Å². The second-order valence-electron chi connectivity index (χ2n) is 5.50. The molecule has 0 radical (unpaired) electrons. The van der Waals surface area contributed by atoms with Gasteiger partial charge in [0.25, 0.3) is 11.8 Å². The van der Waals surface area contributed by atoms with Crippen LogP contribution in [-0.4, -0.2) is 28.5 Å². The molecule has 0 fully saturated rings. The Kier molecular flexibility index (Phi) is 5.06. The first-order valence-electron chi connectivity index (χ1n) is 7.68. The molecule has 0 bridgehead atoms. The molecule has 0 aliphatic carbocycles. The Bertz CT molecular complexity index is 990. The highest BCUT2D eigenvalue weighted by molar-refractivity contribution is 6.32. The van der Waals surface area contributed by atoms with E-state index < -0.39 is 18.4 Å². The molecule has 0 saturated heterocycles. The van der Waals surface area contributed by atoms with Gasteiger partial charge >= 0.3 is 0 Å². The number of carbonyl (C=O) groups excluding carboxylic acids is 2. The Balaban J connectivity index is 1.75. The van der Waals surface area contributed by atoms with E-state index in [-0.39, 0.29) is 11.3 Å². The maximum absolute atomic E-state index is 12.5. The summed E-state index contributed by atoms with van der Waals surface area (Å²) in [6.45, 7) is -0.472. The van der Waals surface area contributed by atoms with Crippen LogP contribution < -0.4 is 10.6 Å². The topological polar surface area (TPSA) is 92.9 Å². The number of hydrogen-bond acceptors (Lipinski definition) is 5. The number of phenols is 1. The van der Waals surface area contributed by atoms with Gasteiger partial charge in [-0.15, -0.1) is 0 Å². The normalized spacial score (nSPS) is 10.5. The van der Waals surface area contributed by atoms with Crippen LogP contribution in [0.15, 0.2) is 60.7 Å². The largest absolute Gasteiger partial charge is 0.507 e. The van der Waals surface area contributed by atoms with Gasteiger partial charge < -0.3 is 9.84 Å². The molecule has 0 spiro atoms. The van der Waals surface area contributed by atoms with E-state index in [2.05, 4.69) is 0 Å². The Hall–Kier alpha value is -3.09. The molecule has 132 valence electrons. The number of hydrogen-bond donors (Lipinski definition) is 2. The highest BCUT2D eigenvalue weighted by Gasteiger charge is 2.23. The van der Waals surface area contributed by atoms with Crippen molar-refractivity contribution in [2.45, 2.75) is 0 Å². The SMILES string of the molecule is NN(C(=O)COc1ccccc1Cl)C(=O)c1cc2ccccc2cc1O. The van der Waals surface area contributed by atoms with Gasteiger partial charge in [-0.3, -0.25) is 9.59 Å². The van der Waals surface area contributed by atoms with Crippen molar-refractivity contribution in [2.75, 3.05) is 6.61 Å². The summed E-state index contributed by atoms with van der Waals surface area (Å²) in [4.78, 5) is 24.6. The zero-order valence-corrected chi connectivity index (χ0v) is 14.3. The lowest BCUT2D eigenvalue weighted by Gasteiger charge is -2.16. The Morgan fingerprint density at radius 2 is 1.65 bits per heavy atom. The average Bonchev–Trinajstić information content (AvgIpc) is 2.65. The van der Waals surface area contributed by atoms with Crippen LogP contribution in [0.2, 0.25) is 5.02 Å². The third kappa shape index (κ3) is 3.61. The maximum Gasteiger partial charge on any atom is 0.281 e. The maximum atomic E-state index is 12.5. The molecule has 6 nitrogen and oxygen atoms in total. The number of nitrogens with zero attached hydrogens (tertiary/aromatic N) is 1. The van der Waals surface area contributed by atoms with Crippen LogP contribution in [0, 0.1) is 0 Å². The predicted octanol–water partition coefficient (Wildman–Crippen LogP) is 3.12. The van der Waals surface area contributed by atoms with Gasteiger partial charge in [0, 0.05) is 0 Å². The Morgan fingerprint density at radius 3 is 2.35 bits per heavy atom. The molecule has 0 aromatic heterocycles. The lowest BCUT2D eigenvalue weighted by molar-refractivity contribution is -0.130. The number of aromatic hydroxyl groups is 1. The number of amides is 2. The van der Waals surface area contributed by atoms with Gasteiger partial charge in [-0.05, 0) is 35.0 Å². The minimum absolute atomic E-state index is 0.0720. The standard InChI is InChI=1S/C19H15ClN2O4/c20-15-7-3-4-8-17(15)26-11-18(24)22(21)19(25)14-9-12-5-1-2-6-13(12)10-16(14)23/h1-10,23H,11,21H2. The molecule has 3 aromatic rings. The molecular weight excluding hydrogens is 356 g/mol. The van der Waals surface area contributed by atoms with Crippen LogP contribution in [0.25, 0.3) is 10.8 Å². The summed E-state index contributed by atoms with van der Waals surface area (Å²) in [5, 5.41) is 12.3. The van der Waals surface area contributed by atoms with Crippen LogP contribution in [0.5, 0.6) is 11.5 Å². The summed E-state index contributed by atoms with van der Waals surface area (Å²) < 4.78 is 5.29. The van der Waals surface area contributed by atoms with Crippen LogP contribution >= 0.6 is 11.6 Å². The monoisotopic (exact) mass is 370 g/mol. The van der Waals surface area contributed by atoms with Crippen molar-refractivity contribution in [1.29, 1.82) is 0 Å². The van der Waals surface area contributed by atoms with Crippen LogP contribution in [0.1, 0.15) is 10.4 Å². The number of phenolic OH excluding ortho intramolecular Hbond substituents is 1. The molecule has 7 heteroatoms. The van der Waals surface area contributed by atoms with Gasteiger partial charge in [-0.2, -0.15) is 0 Å². The fourth-order valence-corrected chi connectivity index (χ4v) is 2.60. The van der Waals surface area contributed by atoms with Crippen molar-refractivity contribution in [3.05, 3.63) is 71.2 Å². The fraction of sp³-hybridized carbons (Fsp3) is 0.0526. The molecular formula is C19H15ClN2O4. The summed E-state index contributed by atoms with van der Waals surface area (Å²) in [5.74, 6) is 4.05. The van der Waals surface area contributed by atoms with Crippen molar-refractivity contribution in [3.8, 4) is 11.5 Å². The number of halogens is 1. The van der Waals surface area contributed by atoms with Gasteiger partial charge in [0.15, 0.2) is 6.61 Å². The number of ether oxygens (including phenoxy) is 1. The Morgan fingerprint density at radius 1 is 1.04 bits per heavy atom. The van der Waals surface area contributed by atoms with E-state index in [4.69, 9.17) is 22.2 Å². The predicted molar refractivity (Wildman–Crippen MR) is 97.9 cm³/mol. The number of fused-ring (bicyclic) bond motifs is 1. The number of benzene rings is 3. The zero-order chi connectivity index (χ0) is 18.7. The molecule has 0 aliphatic rings. The van der Waals surface area contributed by atoms with E-state index in [1.54, 1.807) is 42.5 Å². The molecule has 0 unspecified atom stereocenters. The summed E-state index contributed by atoms with van der Waals surface area (Å²) >= 11 is 5.94. The summed E-state index contributed by atoms with van der Waals surface area (Å²) in [6.07, 6.45) is 0. The zero-order valence-electron chi connectivity index (χ0n) is 13.6. The third-order valence-electron chi connectivity index (χ3n) is 3.77. The minimum atomic E-state index is -0.832. The van der Waals surface area contributed by atoms with Gasteiger partial charge in [0.2, 0.25) is 0 Å². The van der Waals surface area contributed by atoms with Crippen LogP contribution in [0.4, 0.5) is 0 Å². The van der Waals surface area contributed by atoms with Gasteiger partial charge in [-0.1, -0.05) is 48.0 Å². The van der Waals surface area contributed by atoms with Crippen molar-refractivity contribution in [3.63, 3.8) is 0 Å². The van der Waals surface area contributed by atoms with Gasteiger partial charge in [0.1, 0.15) is 11.5 Å². The average molecular weight is 371 g/mol. The van der Waals surface area contributed by atoms with E-state index in [0.717, 1.165) is 10.8 Å². The van der Waals surface area contributed by atoms with E-state index in [0.29, 0.717) is 15.8 Å². The van der Waals surface area contributed by atoms with E-state index in [1.807, 2.05) is 6.07 Å². The first kappa shape index (κ1) is 17.7. The molecule has 0 heterocycles. The van der Waals surface area contributed by atoms with Gasteiger partial charge in [-0.25, -0.2) is 10.9 Å². The summed E-state index contributed by atoms with van der Waals surface area (Å²) in [6, 6.07) is 16.7. The van der Waals surface area contributed by atoms with E-state index >= 15 is 0 Å². The highest BCUT2D eigenvalue weighted by Crippen LogP contribution is 2.26. The first-order chi connectivity index (χ1) is 12.5. The van der Waals surface area contributed by atoms with E-state index in [9.17, 15) is 14.7 Å². The fourth-order valence-electron chi connectivity index (χ4n) is 2.41. The molecule has 0 aliphatic heterocycles. The number of carbonyl (C=O) groups is 2. The third-order valence-corrected chi connectivity index (χ3v) is 4.08. The lowest BCUT2D eigenvalue weighted by atomic mass is 10.1. The van der Waals surface area contributed by atoms with Crippen molar-refractivity contribution in [2.24, 2.45) is 5.84 Å². The second-order valence-corrected chi connectivity index (χ2v) is 5.91. The number of para-hydroxylation sites is 1. The molecule has 26 heavy (non-hydrogen) atoms. The molecule has 0 saturated carbocycles. The van der Waals surface area contributed by atoms with Crippen molar-refractivity contribution < 1.29 is 19.4 Å². The summed E-state index contributed by atoms with van der Waals surface area (Å²) in [5.41, 5.74) is -0.0720. The lowest BCUT2D eigenvalue weighted by Crippen LogP contribution is -2.45. The molecule has 0 atom stereocenters. The van der Waals surface area contributed by atoms with Crippen molar-refractivity contribution >= 4 is 34.2 Å². The number of nitrogens with two attached hydrogens (primary N) is 1. The number of hydrazine groups is 1.